The molecule has 44 heavy (non-hydrogen) atoms. The van der Waals surface area contributed by atoms with E-state index < -0.39 is 42.9 Å². The highest BCUT2D eigenvalue weighted by atomic mass is 16.7. The molecule has 1 aliphatic heterocycles. The second-order valence-corrected chi connectivity index (χ2v) is 17.3. The van der Waals surface area contributed by atoms with Crippen LogP contribution in [0.3, 0.4) is 0 Å². The van der Waals surface area contributed by atoms with Crippen LogP contribution in [-0.4, -0.2) is 85.8 Å². The summed E-state index contributed by atoms with van der Waals surface area (Å²) in [5.41, 5.74) is -0.0846. The van der Waals surface area contributed by atoms with Gasteiger partial charge >= 0.3 is 0 Å². The van der Waals surface area contributed by atoms with Crippen LogP contribution in [0.15, 0.2) is 11.6 Å². The molecule has 6 N–H and O–H groups in total. The molecule has 0 spiro atoms. The molecule has 5 rings (SSSR count). The third kappa shape index (κ3) is 5.26. The molecular formula is C36H62O8. The molecule has 5 fully saturated rings. The van der Waals surface area contributed by atoms with E-state index in [4.69, 9.17) is 9.47 Å². The predicted molar refractivity (Wildman–Crippen MR) is 168 cm³/mol. The van der Waals surface area contributed by atoms with Crippen LogP contribution in [0.1, 0.15) is 113 Å². The van der Waals surface area contributed by atoms with Crippen LogP contribution >= 0.6 is 0 Å². The van der Waals surface area contributed by atoms with Crippen molar-refractivity contribution in [3.8, 4) is 0 Å². The second-order valence-electron chi connectivity index (χ2n) is 17.3. The second kappa shape index (κ2) is 11.8. The van der Waals surface area contributed by atoms with Crippen LogP contribution < -0.4 is 0 Å². The van der Waals surface area contributed by atoms with Gasteiger partial charge in [0.2, 0.25) is 0 Å². The first-order valence-electron chi connectivity index (χ1n) is 17.3. The number of rotatable bonds is 7. The average Bonchev–Trinajstić information content (AvgIpc) is 3.32. The summed E-state index contributed by atoms with van der Waals surface area (Å²) in [6.07, 6.45) is 2.67. The maximum atomic E-state index is 12.1. The van der Waals surface area contributed by atoms with E-state index in [1.54, 1.807) is 0 Å². The van der Waals surface area contributed by atoms with Gasteiger partial charge in [0.05, 0.1) is 24.4 Å². The fourth-order valence-corrected chi connectivity index (χ4v) is 11.7. The number of allylic oxidation sites excluding steroid dienone is 2. The lowest BCUT2D eigenvalue weighted by molar-refractivity contribution is -0.335. The first-order valence-corrected chi connectivity index (χ1v) is 17.3. The zero-order valence-electron chi connectivity index (χ0n) is 28.5. The summed E-state index contributed by atoms with van der Waals surface area (Å²) in [7, 11) is 0. The molecule has 3 unspecified atom stereocenters. The summed E-state index contributed by atoms with van der Waals surface area (Å²) in [4.78, 5) is 0. The van der Waals surface area contributed by atoms with Gasteiger partial charge in [0.1, 0.15) is 24.4 Å². The lowest BCUT2D eigenvalue weighted by Gasteiger charge is -2.71. The van der Waals surface area contributed by atoms with Crippen molar-refractivity contribution < 1.29 is 40.1 Å². The van der Waals surface area contributed by atoms with Crippen LogP contribution in [-0.2, 0) is 9.47 Å². The van der Waals surface area contributed by atoms with E-state index in [9.17, 15) is 30.6 Å². The molecule has 0 bridgehead atoms. The number of aliphatic hydroxyl groups is 6. The standard InChI is InChI=1S/C36H62O8/c1-20(2)10-9-14-36(8,42)21-11-16-35(7)27(21)22(43-31-30(41)29(40)28(39)23(19-37)44-31)18-25-33(5)15-13-26(38)32(3,4)24(33)12-17-34(25,35)6/h10,21-31,37-42H,9,11-19H2,1-8H3/t21-,22?,23+,24-,25?,26?,27-,28+,29-,30+,31-,33-,34+,35+,36-/m0/s1. The Labute approximate surface area is 265 Å². The highest BCUT2D eigenvalue weighted by Gasteiger charge is 2.72. The van der Waals surface area contributed by atoms with E-state index >= 15 is 0 Å². The van der Waals surface area contributed by atoms with Crippen molar-refractivity contribution in [1.29, 1.82) is 0 Å². The molecule has 4 aliphatic carbocycles. The number of ether oxygens (including phenoxy) is 2. The van der Waals surface area contributed by atoms with Gasteiger partial charge in [-0.25, -0.2) is 0 Å². The summed E-state index contributed by atoms with van der Waals surface area (Å²) in [6.45, 7) is 17.4. The Bertz CT molecular complexity index is 1070. The van der Waals surface area contributed by atoms with E-state index in [1.165, 1.54) is 5.57 Å². The zero-order chi connectivity index (χ0) is 32.6. The molecule has 0 aromatic heterocycles. The maximum absolute atomic E-state index is 12.1. The van der Waals surface area contributed by atoms with Crippen molar-refractivity contribution in [2.75, 3.05) is 6.61 Å². The molecule has 15 atom stereocenters. The van der Waals surface area contributed by atoms with Gasteiger partial charge in [-0.1, -0.05) is 46.3 Å². The Hall–Kier alpha value is -0.580. The molecule has 0 amide bonds. The molecule has 0 aromatic rings. The Kier molecular flexibility index (Phi) is 9.35. The molecule has 0 aromatic carbocycles. The van der Waals surface area contributed by atoms with Gasteiger partial charge in [0.15, 0.2) is 6.29 Å². The Morgan fingerprint density at radius 3 is 2.18 bits per heavy atom. The minimum absolute atomic E-state index is 0.0126. The van der Waals surface area contributed by atoms with Crippen molar-refractivity contribution in [3.63, 3.8) is 0 Å². The van der Waals surface area contributed by atoms with E-state index in [-0.39, 0.29) is 51.6 Å². The molecular weight excluding hydrogens is 560 g/mol. The first-order chi connectivity index (χ1) is 20.3. The van der Waals surface area contributed by atoms with Crippen LogP contribution in [0.25, 0.3) is 0 Å². The predicted octanol–water partition coefficient (Wildman–Crippen LogP) is 4.32. The minimum atomic E-state index is -1.50. The van der Waals surface area contributed by atoms with Crippen molar-refractivity contribution in [3.05, 3.63) is 11.6 Å². The van der Waals surface area contributed by atoms with Gasteiger partial charge in [-0.3, -0.25) is 0 Å². The minimum Gasteiger partial charge on any atom is -0.394 e. The lowest BCUT2D eigenvalue weighted by Crippen LogP contribution is -2.67. The average molecular weight is 623 g/mol. The van der Waals surface area contributed by atoms with E-state index in [0.717, 1.165) is 51.4 Å². The Morgan fingerprint density at radius 1 is 0.886 bits per heavy atom. The van der Waals surface area contributed by atoms with E-state index in [2.05, 4.69) is 54.5 Å². The molecule has 1 saturated heterocycles. The fraction of sp³-hybridized carbons (Fsp3) is 0.944. The molecule has 0 radical (unpaired) electrons. The van der Waals surface area contributed by atoms with Crippen molar-refractivity contribution in [2.24, 2.45) is 45.3 Å². The topological polar surface area (TPSA) is 140 Å². The first kappa shape index (κ1) is 34.7. The number of hydrogen-bond acceptors (Lipinski definition) is 8. The molecule has 1 heterocycles. The Balaban J connectivity index is 1.55. The molecule has 8 nitrogen and oxygen atoms in total. The molecule has 4 saturated carbocycles. The number of aliphatic hydroxyl groups excluding tert-OH is 5. The molecule has 254 valence electrons. The summed E-state index contributed by atoms with van der Waals surface area (Å²) in [5.74, 6) is 0.598. The van der Waals surface area contributed by atoms with Crippen LogP contribution in [0.5, 0.6) is 0 Å². The van der Waals surface area contributed by atoms with E-state index in [0.29, 0.717) is 12.3 Å². The number of hydrogen-bond donors (Lipinski definition) is 6. The van der Waals surface area contributed by atoms with Gasteiger partial charge < -0.3 is 40.1 Å². The van der Waals surface area contributed by atoms with Crippen LogP contribution in [0.4, 0.5) is 0 Å². The summed E-state index contributed by atoms with van der Waals surface area (Å²) in [5, 5.41) is 65.2. The highest BCUT2D eigenvalue weighted by molar-refractivity contribution is 5.20. The summed E-state index contributed by atoms with van der Waals surface area (Å²) in [6, 6.07) is 0. The fourth-order valence-electron chi connectivity index (χ4n) is 11.7. The number of fused-ring (bicyclic) bond motifs is 5. The normalized spacial score (nSPS) is 51.5. The monoisotopic (exact) mass is 622 g/mol. The summed E-state index contributed by atoms with van der Waals surface area (Å²) >= 11 is 0. The van der Waals surface area contributed by atoms with Crippen LogP contribution in [0.2, 0.25) is 0 Å². The zero-order valence-corrected chi connectivity index (χ0v) is 28.5. The van der Waals surface area contributed by atoms with Crippen molar-refractivity contribution in [1.82, 2.24) is 0 Å². The quantitative estimate of drug-likeness (QED) is 0.182. The lowest BCUT2D eigenvalue weighted by atomic mass is 9.35. The third-order valence-electron chi connectivity index (χ3n) is 14.5. The van der Waals surface area contributed by atoms with E-state index in [1.807, 2.05) is 6.92 Å². The SMILES string of the molecule is CC(C)=CCC[C@](C)(O)[C@H]1CC[C@]2(C)[C@@H]1C(O[C@H]1O[C@H](CO)[C@@H](O)[C@H](O)[C@H]1O)CC1[C@@]3(C)CCC(O)C(C)(C)[C@@H]3CC[C@]12C. The largest absolute Gasteiger partial charge is 0.394 e. The van der Waals surface area contributed by atoms with Crippen LogP contribution in [0, 0.1) is 45.3 Å². The highest BCUT2D eigenvalue weighted by Crippen LogP contribution is 2.76. The summed E-state index contributed by atoms with van der Waals surface area (Å²) < 4.78 is 12.7. The van der Waals surface area contributed by atoms with Crippen molar-refractivity contribution >= 4 is 0 Å². The van der Waals surface area contributed by atoms with Gasteiger partial charge in [-0.15, -0.1) is 0 Å². The van der Waals surface area contributed by atoms with Gasteiger partial charge in [0, 0.05) is 0 Å². The van der Waals surface area contributed by atoms with Gasteiger partial charge in [0.25, 0.3) is 0 Å². The maximum Gasteiger partial charge on any atom is 0.186 e. The third-order valence-corrected chi connectivity index (χ3v) is 14.5. The smallest absolute Gasteiger partial charge is 0.186 e. The molecule has 5 aliphatic rings. The molecule has 8 heteroatoms. The van der Waals surface area contributed by atoms with Gasteiger partial charge in [-0.2, -0.15) is 0 Å². The van der Waals surface area contributed by atoms with Gasteiger partial charge in [-0.05, 0) is 124 Å². The Morgan fingerprint density at radius 2 is 1.55 bits per heavy atom. The van der Waals surface area contributed by atoms with Crippen molar-refractivity contribution in [2.45, 2.75) is 162 Å².